The number of rotatable bonds is 4. The zero-order chi connectivity index (χ0) is 12.5. The van der Waals surface area contributed by atoms with Gasteiger partial charge in [-0.3, -0.25) is 4.79 Å². The van der Waals surface area contributed by atoms with Gasteiger partial charge in [0, 0.05) is 7.05 Å². The topological polar surface area (TPSA) is 87.8 Å². The molecule has 1 atom stereocenters. The number of sulfonamides is 1. The molecule has 0 aliphatic heterocycles. The van der Waals surface area contributed by atoms with Crippen molar-refractivity contribution in [2.45, 2.75) is 18.1 Å². The van der Waals surface area contributed by atoms with E-state index >= 15 is 0 Å². The van der Waals surface area contributed by atoms with E-state index in [-0.39, 0.29) is 9.76 Å². The summed E-state index contributed by atoms with van der Waals surface area (Å²) >= 11 is 2.97. The molecule has 16 heavy (non-hydrogen) atoms. The second-order valence-corrected chi connectivity index (χ2v) is 5.80. The van der Waals surface area contributed by atoms with Crippen molar-refractivity contribution in [3.63, 3.8) is 0 Å². The monoisotopic (exact) mass is 311 g/mol. The van der Waals surface area contributed by atoms with Crippen LogP contribution in [0.2, 0.25) is 0 Å². The molecule has 0 unspecified atom stereocenters. The predicted octanol–water partition coefficient (Wildman–Crippen LogP) is 1.14. The number of furan rings is 1. The summed E-state index contributed by atoms with van der Waals surface area (Å²) in [6.07, 6.45) is 0. The van der Waals surface area contributed by atoms with Crippen LogP contribution in [-0.2, 0) is 14.8 Å². The summed E-state index contributed by atoms with van der Waals surface area (Å²) in [6, 6.07) is 1.52. The second-order valence-electron chi connectivity index (χ2n) is 3.09. The van der Waals surface area contributed by atoms with Gasteiger partial charge in [-0.2, -0.15) is 4.31 Å². The van der Waals surface area contributed by atoms with Gasteiger partial charge in [0.25, 0.3) is 10.0 Å². The molecule has 1 rings (SSSR count). The lowest BCUT2D eigenvalue weighted by atomic mass is 10.4. The van der Waals surface area contributed by atoms with E-state index in [1.54, 1.807) is 0 Å². The smallest absolute Gasteiger partial charge is 0.321 e. The SMILES string of the molecule is C[C@H](C(=O)O)N(C)S(=O)(=O)c1ccc(Br)o1. The van der Waals surface area contributed by atoms with Crippen LogP contribution in [-0.4, -0.2) is 36.9 Å². The maximum absolute atomic E-state index is 11.8. The minimum atomic E-state index is -3.91. The van der Waals surface area contributed by atoms with Crippen LogP contribution in [0.1, 0.15) is 6.92 Å². The van der Waals surface area contributed by atoms with Crippen LogP contribution in [0.4, 0.5) is 0 Å². The third kappa shape index (κ3) is 2.45. The molecule has 1 aromatic rings. The number of carboxylic acid groups (broad SMARTS) is 1. The zero-order valence-corrected chi connectivity index (χ0v) is 10.9. The molecule has 0 aliphatic carbocycles. The van der Waals surface area contributed by atoms with E-state index in [0.717, 1.165) is 4.31 Å². The van der Waals surface area contributed by atoms with Gasteiger partial charge in [-0.15, -0.1) is 0 Å². The third-order valence-corrected chi connectivity index (χ3v) is 4.31. The summed E-state index contributed by atoms with van der Waals surface area (Å²) in [5.74, 6) is -1.23. The molecule has 1 aromatic heterocycles. The Balaban J connectivity index is 3.08. The van der Waals surface area contributed by atoms with Gasteiger partial charge in [0.05, 0.1) is 0 Å². The first-order chi connectivity index (χ1) is 7.26. The number of halogens is 1. The van der Waals surface area contributed by atoms with Crippen LogP contribution >= 0.6 is 15.9 Å². The molecule has 1 N–H and O–H groups in total. The van der Waals surface area contributed by atoms with Crippen LogP contribution < -0.4 is 0 Å². The summed E-state index contributed by atoms with van der Waals surface area (Å²) < 4.78 is 29.6. The Morgan fingerprint density at radius 2 is 2.12 bits per heavy atom. The normalized spacial score (nSPS) is 14.0. The number of aliphatic carboxylic acids is 1. The molecule has 1 heterocycles. The van der Waals surface area contributed by atoms with Crippen molar-refractivity contribution in [3.05, 3.63) is 16.8 Å². The summed E-state index contributed by atoms with van der Waals surface area (Å²) in [5.41, 5.74) is 0. The molecule has 90 valence electrons. The minimum Gasteiger partial charge on any atom is -0.480 e. The van der Waals surface area contributed by atoms with Crippen molar-refractivity contribution in [1.29, 1.82) is 0 Å². The van der Waals surface area contributed by atoms with E-state index in [0.29, 0.717) is 0 Å². The molecule has 0 fully saturated rings. The number of likely N-dealkylation sites (N-methyl/N-ethyl adjacent to an activating group) is 1. The summed E-state index contributed by atoms with van der Waals surface area (Å²) in [5, 5.41) is 8.43. The number of hydrogen-bond acceptors (Lipinski definition) is 4. The number of hydrogen-bond donors (Lipinski definition) is 1. The largest absolute Gasteiger partial charge is 0.480 e. The Morgan fingerprint density at radius 3 is 2.50 bits per heavy atom. The van der Waals surface area contributed by atoms with Crippen LogP contribution in [0.15, 0.2) is 26.3 Å². The molecular weight excluding hydrogens is 302 g/mol. The van der Waals surface area contributed by atoms with Gasteiger partial charge in [-0.25, -0.2) is 8.42 Å². The van der Waals surface area contributed by atoms with Crippen LogP contribution in [0, 0.1) is 0 Å². The average Bonchev–Trinajstić information content (AvgIpc) is 2.62. The molecule has 0 saturated heterocycles. The van der Waals surface area contributed by atoms with Gasteiger partial charge in [0.1, 0.15) is 6.04 Å². The molecule has 0 spiro atoms. The van der Waals surface area contributed by atoms with E-state index in [2.05, 4.69) is 15.9 Å². The fourth-order valence-electron chi connectivity index (χ4n) is 0.942. The number of carboxylic acids is 1. The zero-order valence-electron chi connectivity index (χ0n) is 8.55. The summed E-state index contributed by atoms with van der Waals surface area (Å²) in [6.45, 7) is 1.28. The van der Waals surface area contributed by atoms with Gasteiger partial charge in [-0.1, -0.05) is 0 Å². The molecule has 0 aromatic carbocycles. The molecule has 6 nitrogen and oxygen atoms in total. The standard InChI is InChI=1S/C8H10BrNO5S/c1-5(8(11)12)10(2)16(13,14)7-4-3-6(9)15-7/h3-5H,1-2H3,(H,11,12)/t5-/m1/s1. The van der Waals surface area contributed by atoms with Crippen molar-refractivity contribution in [2.75, 3.05) is 7.05 Å². The van der Waals surface area contributed by atoms with Crippen molar-refractivity contribution < 1.29 is 22.7 Å². The first-order valence-corrected chi connectivity index (χ1v) is 6.46. The Bertz CT molecular complexity index is 494. The van der Waals surface area contributed by atoms with Gasteiger partial charge in [0.15, 0.2) is 4.67 Å². The van der Waals surface area contributed by atoms with Crippen molar-refractivity contribution in [3.8, 4) is 0 Å². The lowest BCUT2D eigenvalue weighted by Gasteiger charge is -2.19. The first kappa shape index (κ1) is 13.2. The fraction of sp³-hybridized carbons (Fsp3) is 0.375. The highest BCUT2D eigenvalue weighted by molar-refractivity contribution is 9.10. The van der Waals surface area contributed by atoms with Crippen molar-refractivity contribution >= 4 is 31.9 Å². The Morgan fingerprint density at radius 1 is 1.56 bits per heavy atom. The van der Waals surface area contributed by atoms with E-state index in [9.17, 15) is 13.2 Å². The van der Waals surface area contributed by atoms with E-state index in [1.165, 1.54) is 26.1 Å². The van der Waals surface area contributed by atoms with Crippen molar-refractivity contribution in [2.24, 2.45) is 0 Å². The van der Waals surface area contributed by atoms with E-state index < -0.39 is 22.0 Å². The molecule has 8 heteroatoms. The van der Waals surface area contributed by atoms with Gasteiger partial charge in [0.2, 0.25) is 5.09 Å². The van der Waals surface area contributed by atoms with Gasteiger partial charge in [-0.05, 0) is 35.0 Å². The maximum Gasteiger partial charge on any atom is 0.321 e. The minimum absolute atomic E-state index is 0.266. The molecular formula is C8H10BrNO5S. The fourth-order valence-corrected chi connectivity index (χ4v) is 2.58. The maximum atomic E-state index is 11.8. The van der Waals surface area contributed by atoms with Crippen LogP contribution in [0.5, 0.6) is 0 Å². The van der Waals surface area contributed by atoms with E-state index in [1.807, 2.05) is 0 Å². The summed E-state index contributed by atoms with van der Waals surface area (Å²) in [7, 11) is -2.72. The first-order valence-electron chi connectivity index (χ1n) is 4.23. The third-order valence-electron chi connectivity index (χ3n) is 2.08. The molecule has 0 radical (unpaired) electrons. The molecule has 0 saturated carbocycles. The highest BCUT2D eigenvalue weighted by atomic mass is 79.9. The van der Waals surface area contributed by atoms with Crippen LogP contribution in [0.3, 0.4) is 0 Å². The lowest BCUT2D eigenvalue weighted by Crippen LogP contribution is -2.40. The van der Waals surface area contributed by atoms with Gasteiger partial charge >= 0.3 is 5.97 Å². The lowest BCUT2D eigenvalue weighted by molar-refractivity contribution is -0.140. The highest BCUT2D eigenvalue weighted by Gasteiger charge is 2.31. The number of nitrogens with zero attached hydrogens (tertiary/aromatic N) is 1. The molecule has 0 bridgehead atoms. The number of carbonyl (C=O) groups is 1. The Kier molecular flexibility index (Phi) is 3.76. The average molecular weight is 312 g/mol. The Hall–Kier alpha value is -0.860. The van der Waals surface area contributed by atoms with E-state index in [4.69, 9.17) is 9.52 Å². The van der Waals surface area contributed by atoms with Crippen LogP contribution in [0.25, 0.3) is 0 Å². The molecule has 0 amide bonds. The highest BCUT2D eigenvalue weighted by Crippen LogP contribution is 2.22. The van der Waals surface area contributed by atoms with Gasteiger partial charge < -0.3 is 9.52 Å². The second kappa shape index (κ2) is 4.56. The Labute approximate surface area is 101 Å². The quantitative estimate of drug-likeness (QED) is 0.900. The predicted molar refractivity (Wildman–Crippen MR) is 58.5 cm³/mol. The van der Waals surface area contributed by atoms with Crippen molar-refractivity contribution in [1.82, 2.24) is 4.31 Å². The molecule has 0 aliphatic rings. The summed E-state index contributed by atoms with van der Waals surface area (Å²) in [4.78, 5) is 10.7.